The van der Waals surface area contributed by atoms with E-state index in [4.69, 9.17) is 11.6 Å². The van der Waals surface area contributed by atoms with E-state index in [1.165, 1.54) is 25.8 Å². The van der Waals surface area contributed by atoms with E-state index in [0.717, 1.165) is 31.1 Å². The maximum Gasteiger partial charge on any atom is 0.120 e. The van der Waals surface area contributed by atoms with E-state index in [9.17, 15) is 5.11 Å². The molecule has 1 fully saturated rings. The molecule has 2 rings (SSSR count). The Labute approximate surface area is 126 Å². The predicted molar refractivity (Wildman–Crippen MR) is 84.3 cm³/mol. The minimum Gasteiger partial charge on any atom is -0.508 e. The Bertz CT molecular complexity index is 425. The van der Waals surface area contributed by atoms with Crippen molar-refractivity contribution in [1.82, 2.24) is 10.2 Å². The maximum absolute atomic E-state index is 9.72. The van der Waals surface area contributed by atoms with Gasteiger partial charge in [-0.3, -0.25) is 0 Å². The van der Waals surface area contributed by atoms with Gasteiger partial charge < -0.3 is 15.3 Å². The fraction of sp³-hybridized carbons (Fsp3) is 0.625. The lowest BCUT2D eigenvalue weighted by Gasteiger charge is -2.33. The number of likely N-dealkylation sites (tertiary alicyclic amines) is 1. The summed E-state index contributed by atoms with van der Waals surface area (Å²) in [6, 6.07) is 5.91. The van der Waals surface area contributed by atoms with E-state index in [2.05, 4.69) is 17.1 Å². The lowest BCUT2D eigenvalue weighted by molar-refractivity contribution is 0.159. The minimum atomic E-state index is 0.312. The van der Waals surface area contributed by atoms with Gasteiger partial charge in [-0.25, -0.2) is 0 Å². The summed E-state index contributed by atoms with van der Waals surface area (Å²) in [4.78, 5) is 2.59. The van der Waals surface area contributed by atoms with Crippen LogP contribution in [0.25, 0.3) is 0 Å². The zero-order valence-corrected chi connectivity index (χ0v) is 13.0. The van der Waals surface area contributed by atoms with Gasteiger partial charge in [-0.15, -0.1) is 0 Å². The fourth-order valence-electron chi connectivity index (χ4n) is 2.82. The van der Waals surface area contributed by atoms with E-state index in [0.29, 0.717) is 17.3 Å². The van der Waals surface area contributed by atoms with Crippen molar-refractivity contribution in [1.29, 1.82) is 0 Å². The number of hydrogen-bond acceptors (Lipinski definition) is 3. The highest BCUT2D eigenvalue weighted by atomic mass is 35.5. The van der Waals surface area contributed by atoms with Crippen LogP contribution in [0.4, 0.5) is 0 Å². The summed E-state index contributed by atoms with van der Waals surface area (Å²) >= 11 is 5.93. The third-order valence-corrected chi connectivity index (χ3v) is 4.33. The molecular formula is C16H25ClN2O. The topological polar surface area (TPSA) is 35.5 Å². The van der Waals surface area contributed by atoms with Crippen LogP contribution < -0.4 is 5.32 Å². The third kappa shape index (κ3) is 4.65. The van der Waals surface area contributed by atoms with Gasteiger partial charge in [0.05, 0.1) is 0 Å². The number of hydrogen-bond donors (Lipinski definition) is 2. The van der Waals surface area contributed by atoms with Gasteiger partial charge in [-0.05, 0) is 64.0 Å². The molecule has 112 valence electrons. The molecule has 0 aliphatic carbocycles. The number of phenols is 1. The number of halogens is 1. The van der Waals surface area contributed by atoms with Gasteiger partial charge in [0.1, 0.15) is 5.75 Å². The SMILES string of the molecule is CC1CCCCN1CCCNCc1cc(Cl)ccc1O. The summed E-state index contributed by atoms with van der Waals surface area (Å²) in [6.45, 7) is 6.37. The second-order valence-corrected chi connectivity index (χ2v) is 6.12. The second-order valence-electron chi connectivity index (χ2n) is 5.68. The molecule has 0 bridgehead atoms. The smallest absolute Gasteiger partial charge is 0.120 e. The normalized spacial score (nSPS) is 20.2. The summed E-state index contributed by atoms with van der Waals surface area (Å²) in [7, 11) is 0. The molecule has 4 heteroatoms. The molecule has 1 heterocycles. The summed E-state index contributed by atoms with van der Waals surface area (Å²) < 4.78 is 0. The van der Waals surface area contributed by atoms with Crippen LogP contribution >= 0.6 is 11.6 Å². The maximum atomic E-state index is 9.72. The summed E-state index contributed by atoms with van der Waals surface area (Å²) in [5, 5.41) is 13.8. The molecule has 1 aromatic carbocycles. The number of benzene rings is 1. The highest BCUT2D eigenvalue weighted by Crippen LogP contribution is 2.21. The van der Waals surface area contributed by atoms with Crippen LogP contribution in [-0.4, -0.2) is 35.7 Å². The molecule has 1 aliphatic heterocycles. The van der Waals surface area contributed by atoms with E-state index in [1.54, 1.807) is 12.1 Å². The number of piperidine rings is 1. The standard InChI is InChI=1S/C16H25ClN2O/c1-13-5-2-3-9-19(13)10-4-8-18-12-14-11-15(17)6-7-16(14)20/h6-7,11,13,18,20H,2-5,8-10,12H2,1H3. The summed E-state index contributed by atoms with van der Waals surface area (Å²) in [5.74, 6) is 0.312. The number of phenolic OH excluding ortho intramolecular Hbond substituents is 1. The Hall–Kier alpha value is -0.770. The molecule has 0 radical (unpaired) electrons. The van der Waals surface area contributed by atoms with Crippen LogP contribution in [0.15, 0.2) is 18.2 Å². The van der Waals surface area contributed by atoms with Crippen LogP contribution in [-0.2, 0) is 6.54 Å². The quantitative estimate of drug-likeness (QED) is 0.790. The van der Waals surface area contributed by atoms with Crippen LogP contribution in [0.3, 0.4) is 0 Å². The molecule has 3 nitrogen and oxygen atoms in total. The number of aromatic hydroxyl groups is 1. The molecule has 0 saturated carbocycles. The van der Waals surface area contributed by atoms with E-state index in [-0.39, 0.29) is 0 Å². The van der Waals surface area contributed by atoms with Gasteiger partial charge >= 0.3 is 0 Å². The fourth-order valence-corrected chi connectivity index (χ4v) is 3.01. The summed E-state index contributed by atoms with van der Waals surface area (Å²) in [6.07, 6.45) is 5.20. The van der Waals surface area contributed by atoms with Crippen molar-refractivity contribution in [2.45, 2.75) is 45.2 Å². The second kappa shape index (κ2) is 7.87. The first-order valence-electron chi connectivity index (χ1n) is 7.59. The molecule has 20 heavy (non-hydrogen) atoms. The van der Waals surface area contributed by atoms with E-state index >= 15 is 0 Å². The van der Waals surface area contributed by atoms with Gasteiger partial charge in [0.15, 0.2) is 0 Å². The Morgan fingerprint density at radius 1 is 1.40 bits per heavy atom. The first kappa shape index (κ1) is 15.6. The molecule has 1 saturated heterocycles. The van der Waals surface area contributed by atoms with Crippen LogP contribution in [0.5, 0.6) is 5.75 Å². The van der Waals surface area contributed by atoms with Crippen molar-refractivity contribution in [2.75, 3.05) is 19.6 Å². The van der Waals surface area contributed by atoms with Gasteiger partial charge in [-0.2, -0.15) is 0 Å². The Morgan fingerprint density at radius 2 is 2.25 bits per heavy atom. The number of nitrogens with one attached hydrogen (secondary N) is 1. The van der Waals surface area contributed by atoms with E-state index < -0.39 is 0 Å². The minimum absolute atomic E-state index is 0.312. The summed E-state index contributed by atoms with van der Waals surface area (Å²) in [5.41, 5.74) is 0.865. The largest absolute Gasteiger partial charge is 0.508 e. The molecule has 0 spiro atoms. The third-order valence-electron chi connectivity index (χ3n) is 4.10. The predicted octanol–water partition coefficient (Wildman–Crippen LogP) is 3.40. The van der Waals surface area contributed by atoms with E-state index in [1.807, 2.05) is 6.07 Å². The van der Waals surface area contributed by atoms with Crippen molar-refractivity contribution in [3.8, 4) is 5.75 Å². The van der Waals surface area contributed by atoms with Crippen molar-refractivity contribution >= 4 is 11.6 Å². The van der Waals surface area contributed by atoms with Crippen molar-refractivity contribution in [3.05, 3.63) is 28.8 Å². The molecular weight excluding hydrogens is 272 g/mol. The van der Waals surface area contributed by atoms with Gasteiger partial charge in [-0.1, -0.05) is 18.0 Å². The van der Waals surface area contributed by atoms with Gasteiger partial charge in [0.2, 0.25) is 0 Å². The average Bonchev–Trinajstić information content (AvgIpc) is 2.44. The van der Waals surface area contributed by atoms with Crippen molar-refractivity contribution in [2.24, 2.45) is 0 Å². The highest BCUT2D eigenvalue weighted by Gasteiger charge is 2.16. The van der Waals surface area contributed by atoms with Crippen LogP contribution in [0.1, 0.15) is 38.2 Å². The lowest BCUT2D eigenvalue weighted by Crippen LogP contribution is -2.38. The molecule has 1 unspecified atom stereocenters. The van der Waals surface area contributed by atoms with Crippen LogP contribution in [0.2, 0.25) is 5.02 Å². The number of rotatable bonds is 6. The first-order valence-corrected chi connectivity index (χ1v) is 7.97. The van der Waals surface area contributed by atoms with Crippen molar-refractivity contribution < 1.29 is 5.11 Å². The molecule has 1 atom stereocenters. The van der Waals surface area contributed by atoms with Crippen LogP contribution in [0, 0.1) is 0 Å². The Morgan fingerprint density at radius 3 is 3.05 bits per heavy atom. The Balaban J connectivity index is 1.65. The molecule has 1 aliphatic rings. The lowest BCUT2D eigenvalue weighted by atomic mass is 10.0. The van der Waals surface area contributed by atoms with Crippen molar-refractivity contribution in [3.63, 3.8) is 0 Å². The van der Waals surface area contributed by atoms with Gasteiger partial charge in [0.25, 0.3) is 0 Å². The zero-order chi connectivity index (χ0) is 14.4. The monoisotopic (exact) mass is 296 g/mol. The Kier molecular flexibility index (Phi) is 6.14. The first-order chi connectivity index (χ1) is 9.66. The molecule has 0 amide bonds. The molecule has 1 aromatic rings. The van der Waals surface area contributed by atoms with Gasteiger partial charge in [0, 0.05) is 23.2 Å². The number of nitrogens with zero attached hydrogens (tertiary/aromatic N) is 1. The highest BCUT2D eigenvalue weighted by molar-refractivity contribution is 6.30. The zero-order valence-electron chi connectivity index (χ0n) is 12.2. The molecule has 0 aromatic heterocycles. The average molecular weight is 297 g/mol. The molecule has 2 N–H and O–H groups in total.